The number of benzene rings is 2. The number of carbonyl (C=O) groups excluding carboxylic acids is 1. The van der Waals surface area contributed by atoms with E-state index < -0.39 is 7.05 Å². The van der Waals surface area contributed by atoms with Crippen molar-refractivity contribution in [3.05, 3.63) is 66.4 Å². The zero-order valence-electron chi connectivity index (χ0n) is 13.6. The minimum Gasteiger partial charge on any atom is -0.432 e. The average Bonchev–Trinajstić information content (AvgIpc) is 2.61. The van der Waals surface area contributed by atoms with E-state index in [1.165, 1.54) is 0 Å². The summed E-state index contributed by atoms with van der Waals surface area (Å²) in [5.41, 5.74) is 2.93. The van der Waals surface area contributed by atoms with E-state index in [2.05, 4.69) is 10.3 Å². The topological polar surface area (TPSA) is 65.5 Å². The number of rotatable bonds is 4. The van der Waals surface area contributed by atoms with Gasteiger partial charge in [0.1, 0.15) is 0 Å². The fraction of sp³-hybridized carbons (Fsp3) is 0.111. The van der Waals surface area contributed by atoms with Crippen LogP contribution in [-0.4, -0.2) is 30.0 Å². The van der Waals surface area contributed by atoms with Crippen LogP contribution in [0, 0.1) is 0 Å². The first-order valence-electron chi connectivity index (χ1n) is 7.72. The maximum atomic E-state index is 12.4. The predicted octanol–water partition coefficient (Wildman–Crippen LogP) is 3.03. The van der Waals surface area contributed by atoms with Crippen LogP contribution in [0.2, 0.25) is 6.82 Å². The fourth-order valence-corrected chi connectivity index (χ4v) is 2.41. The zero-order chi connectivity index (χ0) is 17.1. The normalized spacial score (nSPS) is 10.5. The van der Waals surface area contributed by atoms with Crippen LogP contribution in [0.1, 0.15) is 10.4 Å². The van der Waals surface area contributed by atoms with E-state index in [0.29, 0.717) is 11.3 Å². The number of carbonyl (C=O) groups is 1. The van der Waals surface area contributed by atoms with Crippen LogP contribution in [-0.2, 0) is 0 Å². The van der Waals surface area contributed by atoms with Gasteiger partial charge in [-0.2, -0.15) is 0 Å². The molecule has 0 saturated carbocycles. The second kappa shape index (κ2) is 6.72. The molecule has 1 heterocycles. The molecule has 1 aromatic heterocycles. The van der Waals surface area contributed by atoms with Crippen molar-refractivity contribution in [3.63, 3.8) is 0 Å². The molecule has 0 aliphatic carbocycles. The Kier molecular flexibility index (Phi) is 4.49. The molecule has 120 valence electrons. The summed E-state index contributed by atoms with van der Waals surface area (Å²) in [5, 5.41) is 13.4. The number of nitrogens with one attached hydrogen (secondary N) is 1. The summed E-state index contributed by atoms with van der Waals surface area (Å²) in [6, 6.07) is 16.7. The van der Waals surface area contributed by atoms with Crippen molar-refractivity contribution in [2.24, 2.45) is 0 Å². The number of fused-ring (bicyclic) bond motifs is 1. The largest absolute Gasteiger partial charge is 0.432 e. The molecule has 3 aromatic rings. The number of para-hydroxylation sites is 1. The van der Waals surface area contributed by atoms with Gasteiger partial charge >= 0.3 is 7.05 Å². The number of hydrogen-bond donors (Lipinski definition) is 2. The Bertz CT molecular complexity index is 866. The van der Waals surface area contributed by atoms with Gasteiger partial charge in [0, 0.05) is 16.6 Å². The van der Waals surface area contributed by atoms with Crippen LogP contribution in [0.3, 0.4) is 0 Å². The monoisotopic (exact) mass is 319 g/mol. The van der Waals surface area contributed by atoms with Gasteiger partial charge in [-0.25, -0.2) is 0 Å². The fourth-order valence-electron chi connectivity index (χ4n) is 2.41. The van der Waals surface area contributed by atoms with Crippen LogP contribution in [0.15, 0.2) is 60.8 Å². The maximum Gasteiger partial charge on any atom is 0.409 e. The molecule has 0 aliphatic heterocycles. The van der Waals surface area contributed by atoms with Gasteiger partial charge < -0.3 is 15.2 Å². The van der Waals surface area contributed by atoms with Crippen LogP contribution in [0.25, 0.3) is 10.9 Å². The van der Waals surface area contributed by atoms with Crippen molar-refractivity contribution in [2.45, 2.75) is 6.82 Å². The highest BCUT2D eigenvalue weighted by Crippen LogP contribution is 2.18. The zero-order valence-corrected chi connectivity index (χ0v) is 13.6. The van der Waals surface area contributed by atoms with Gasteiger partial charge in [0.25, 0.3) is 5.91 Å². The lowest BCUT2D eigenvalue weighted by atomic mass is 9.85. The molecular formula is C18H18BN3O2. The van der Waals surface area contributed by atoms with Gasteiger partial charge in [-0.05, 0) is 50.3 Å². The summed E-state index contributed by atoms with van der Waals surface area (Å²) in [6.07, 6.45) is 1.65. The molecule has 0 radical (unpaired) electrons. The van der Waals surface area contributed by atoms with Crippen molar-refractivity contribution in [2.75, 3.05) is 17.2 Å². The molecule has 0 bridgehead atoms. The number of hydrogen-bond acceptors (Lipinski definition) is 4. The number of amides is 1. The van der Waals surface area contributed by atoms with Crippen LogP contribution >= 0.6 is 0 Å². The van der Waals surface area contributed by atoms with E-state index in [1.807, 2.05) is 30.3 Å². The molecule has 1 amide bonds. The van der Waals surface area contributed by atoms with Crippen molar-refractivity contribution in [1.29, 1.82) is 0 Å². The first-order chi connectivity index (χ1) is 11.5. The first kappa shape index (κ1) is 16.0. The Morgan fingerprint density at radius 1 is 1.17 bits per heavy atom. The lowest BCUT2D eigenvalue weighted by Crippen LogP contribution is -2.32. The molecule has 2 aromatic carbocycles. The Morgan fingerprint density at radius 3 is 2.58 bits per heavy atom. The van der Waals surface area contributed by atoms with E-state index in [1.54, 1.807) is 49.1 Å². The Balaban J connectivity index is 1.76. The first-order valence-corrected chi connectivity index (χ1v) is 7.72. The summed E-state index contributed by atoms with van der Waals surface area (Å²) >= 11 is 0. The standard InChI is InChI=1S/C18H18BN3O2/c1-19(24)22(2)16-9-7-13(8-10-16)18(23)21-15-11-14-5-3-4-6-17(14)20-12-15/h3-12,24H,1-2H3,(H,21,23). The minimum atomic E-state index is -0.589. The molecule has 6 heteroatoms. The highest BCUT2D eigenvalue weighted by Gasteiger charge is 2.13. The quantitative estimate of drug-likeness (QED) is 0.726. The summed E-state index contributed by atoms with van der Waals surface area (Å²) in [6.45, 7) is 1.69. The van der Waals surface area contributed by atoms with Crippen LogP contribution in [0.4, 0.5) is 11.4 Å². The second-order valence-corrected chi connectivity index (χ2v) is 5.66. The van der Waals surface area contributed by atoms with Gasteiger partial charge in [-0.15, -0.1) is 0 Å². The van der Waals surface area contributed by atoms with Gasteiger partial charge in [0.2, 0.25) is 0 Å². The highest BCUT2D eigenvalue weighted by atomic mass is 16.2. The molecule has 0 aliphatic rings. The Morgan fingerprint density at radius 2 is 1.88 bits per heavy atom. The Hall–Kier alpha value is -2.86. The number of pyridine rings is 1. The van der Waals surface area contributed by atoms with Gasteiger partial charge in [-0.3, -0.25) is 9.78 Å². The Labute approximate surface area is 141 Å². The molecule has 24 heavy (non-hydrogen) atoms. The smallest absolute Gasteiger partial charge is 0.409 e. The van der Waals surface area contributed by atoms with Gasteiger partial charge in [0.05, 0.1) is 17.4 Å². The van der Waals surface area contributed by atoms with Crippen molar-refractivity contribution >= 4 is 35.2 Å². The average molecular weight is 319 g/mol. The minimum absolute atomic E-state index is 0.196. The number of nitrogens with zero attached hydrogens (tertiary/aromatic N) is 2. The molecule has 0 atom stereocenters. The van der Waals surface area contributed by atoms with Crippen LogP contribution in [0.5, 0.6) is 0 Å². The van der Waals surface area contributed by atoms with E-state index in [0.717, 1.165) is 16.6 Å². The molecule has 0 unspecified atom stereocenters. The lowest BCUT2D eigenvalue weighted by Gasteiger charge is -2.20. The molecule has 0 saturated heterocycles. The second-order valence-electron chi connectivity index (χ2n) is 5.66. The third kappa shape index (κ3) is 3.39. The van der Waals surface area contributed by atoms with E-state index in [4.69, 9.17) is 0 Å². The summed E-state index contributed by atoms with van der Waals surface area (Å²) in [7, 11) is 1.20. The number of aromatic nitrogens is 1. The molecule has 0 spiro atoms. The van der Waals surface area contributed by atoms with Crippen molar-refractivity contribution in [1.82, 2.24) is 4.98 Å². The maximum absolute atomic E-state index is 12.4. The number of anilines is 2. The molecule has 2 N–H and O–H groups in total. The van der Waals surface area contributed by atoms with E-state index in [9.17, 15) is 9.82 Å². The molecular weight excluding hydrogens is 301 g/mol. The third-order valence-corrected chi connectivity index (χ3v) is 3.95. The predicted molar refractivity (Wildman–Crippen MR) is 98.4 cm³/mol. The van der Waals surface area contributed by atoms with E-state index in [-0.39, 0.29) is 5.91 Å². The summed E-state index contributed by atoms with van der Waals surface area (Å²) in [4.78, 5) is 18.4. The van der Waals surface area contributed by atoms with E-state index >= 15 is 0 Å². The SMILES string of the molecule is CB(O)N(C)c1ccc(C(=O)Nc2cnc3ccccc3c2)cc1. The molecule has 5 nitrogen and oxygen atoms in total. The summed E-state index contributed by atoms with van der Waals surface area (Å²) < 4.78 is 0. The molecule has 0 fully saturated rings. The molecule has 3 rings (SSSR count). The van der Waals surface area contributed by atoms with Gasteiger partial charge in [-0.1, -0.05) is 18.2 Å². The van der Waals surface area contributed by atoms with Crippen LogP contribution < -0.4 is 10.1 Å². The highest BCUT2D eigenvalue weighted by molar-refractivity contribution is 6.53. The van der Waals surface area contributed by atoms with Gasteiger partial charge in [0.15, 0.2) is 0 Å². The van der Waals surface area contributed by atoms with Crippen molar-refractivity contribution in [3.8, 4) is 0 Å². The lowest BCUT2D eigenvalue weighted by molar-refractivity contribution is 0.102. The third-order valence-electron chi connectivity index (χ3n) is 3.95. The van der Waals surface area contributed by atoms with Crippen molar-refractivity contribution < 1.29 is 9.82 Å². The summed E-state index contributed by atoms with van der Waals surface area (Å²) in [5.74, 6) is -0.196.